The number of rotatable bonds is 4. The summed E-state index contributed by atoms with van der Waals surface area (Å²) in [5.41, 5.74) is 1.98. The Labute approximate surface area is 151 Å². The molecule has 0 bridgehead atoms. The maximum absolute atomic E-state index is 12.6. The van der Waals surface area contributed by atoms with Gasteiger partial charge in [-0.1, -0.05) is 13.0 Å². The van der Waals surface area contributed by atoms with Gasteiger partial charge in [0.25, 0.3) is 0 Å². The van der Waals surface area contributed by atoms with Gasteiger partial charge in [0.05, 0.1) is 12.0 Å². The van der Waals surface area contributed by atoms with Crippen LogP contribution in [0.5, 0.6) is 17.2 Å². The molecule has 0 aromatic heterocycles. The molecule has 2 aromatic carbocycles. The van der Waals surface area contributed by atoms with Crippen molar-refractivity contribution in [2.75, 3.05) is 12.1 Å². The van der Waals surface area contributed by atoms with Gasteiger partial charge in [0, 0.05) is 12.1 Å². The highest BCUT2D eigenvalue weighted by Gasteiger charge is 2.29. The first kappa shape index (κ1) is 16.4. The second-order valence-corrected chi connectivity index (χ2v) is 6.36. The zero-order valence-corrected chi connectivity index (χ0v) is 14.4. The van der Waals surface area contributed by atoms with Crippen molar-refractivity contribution in [3.63, 3.8) is 0 Å². The summed E-state index contributed by atoms with van der Waals surface area (Å²) in [4.78, 5) is 24.4. The van der Waals surface area contributed by atoms with E-state index in [0.29, 0.717) is 34.9 Å². The molecular weight excluding hydrogens is 334 g/mol. The molecule has 2 heterocycles. The number of benzene rings is 2. The van der Waals surface area contributed by atoms with E-state index in [1.807, 2.05) is 25.1 Å². The lowest BCUT2D eigenvalue weighted by Gasteiger charge is -2.26. The quantitative estimate of drug-likeness (QED) is 0.903. The summed E-state index contributed by atoms with van der Waals surface area (Å²) in [6.45, 7) is 2.15. The van der Waals surface area contributed by atoms with Crippen LogP contribution in [0, 0.1) is 0 Å². The molecule has 1 amide bonds. The van der Waals surface area contributed by atoms with Crippen molar-refractivity contribution < 1.29 is 23.8 Å². The number of ketones is 1. The number of fused-ring (bicyclic) bond motifs is 2. The van der Waals surface area contributed by atoms with E-state index in [1.54, 1.807) is 18.2 Å². The largest absolute Gasteiger partial charge is 0.484 e. The lowest BCUT2D eigenvalue weighted by atomic mass is 9.95. The predicted molar refractivity (Wildman–Crippen MR) is 94.9 cm³/mol. The third kappa shape index (κ3) is 3.10. The van der Waals surface area contributed by atoms with Crippen molar-refractivity contribution in [1.29, 1.82) is 0 Å². The first-order chi connectivity index (χ1) is 12.6. The minimum atomic E-state index is -0.370. The Hall–Kier alpha value is -3.02. The molecule has 1 atom stereocenters. The summed E-state index contributed by atoms with van der Waals surface area (Å²) in [5, 5.41) is 2.81. The second-order valence-electron chi connectivity index (χ2n) is 6.36. The Bertz CT molecular complexity index is 877. The Kier molecular flexibility index (Phi) is 4.24. The van der Waals surface area contributed by atoms with Gasteiger partial charge >= 0.3 is 0 Å². The van der Waals surface area contributed by atoms with E-state index in [0.717, 1.165) is 12.0 Å². The van der Waals surface area contributed by atoms with E-state index in [1.165, 1.54) is 0 Å². The number of carbonyl (C=O) groups is 2. The van der Waals surface area contributed by atoms with Gasteiger partial charge in [-0.25, -0.2) is 0 Å². The van der Waals surface area contributed by atoms with Crippen molar-refractivity contribution in [1.82, 2.24) is 0 Å². The molecule has 2 aliphatic rings. The van der Waals surface area contributed by atoms with Gasteiger partial charge in [0.1, 0.15) is 11.9 Å². The van der Waals surface area contributed by atoms with Crippen molar-refractivity contribution in [2.45, 2.75) is 32.3 Å². The average molecular weight is 353 g/mol. The third-order valence-electron chi connectivity index (χ3n) is 4.45. The smallest absolute Gasteiger partial charge is 0.231 e. The molecule has 134 valence electrons. The molecule has 0 saturated carbocycles. The van der Waals surface area contributed by atoms with Crippen LogP contribution < -0.4 is 19.5 Å². The molecule has 0 saturated heterocycles. The van der Waals surface area contributed by atoms with Crippen molar-refractivity contribution >= 4 is 17.4 Å². The van der Waals surface area contributed by atoms with Crippen molar-refractivity contribution in [2.24, 2.45) is 0 Å². The number of anilines is 1. The average Bonchev–Trinajstić information content (AvgIpc) is 3.10. The highest BCUT2D eigenvalue weighted by atomic mass is 16.7. The van der Waals surface area contributed by atoms with Gasteiger partial charge in [-0.15, -0.1) is 0 Å². The topological polar surface area (TPSA) is 73.9 Å². The summed E-state index contributed by atoms with van der Waals surface area (Å²) in [7, 11) is 0. The summed E-state index contributed by atoms with van der Waals surface area (Å²) in [6, 6.07) is 10.7. The summed E-state index contributed by atoms with van der Waals surface area (Å²) in [5.74, 6) is 1.81. The van der Waals surface area contributed by atoms with Crippen molar-refractivity contribution in [3.05, 3.63) is 47.5 Å². The minimum Gasteiger partial charge on any atom is -0.484 e. The van der Waals surface area contributed by atoms with E-state index in [-0.39, 0.29) is 31.0 Å². The number of Topliss-reactive ketones (excluding diaryl/α,β-unsaturated/α-hetero) is 1. The highest BCUT2D eigenvalue weighted by Crippen LogP contribution is 2.40. The first-order valence-electron chi connectivity index (χ1n) is 8.67. The molecule has 0 radical (unpaired) electrons. The molecule has 4 rings (SSSR count). The number of hydrogen-bond donors (Lipinski definition) is 1. The fraction of sp³-hybridized carbons (Fsp3) is 0.300. The van der Waals surface area contributed by atoms with Crippen LogP contribution >= 0.6 is 0 Å². The van der Waals surface area contributed by atoms with Crippen LogP contribution in [0.3, 0.4) is 0 Å². The van der Waals surface area contributed by atoms with E-state index < -0.39 is 0 Å². The maximum Gasteiger partial charge on any atom is 0.231 e. The van der Waals surface area contributed by atoms with Crippen LogP contribution in [-0.4, -0.2) is 18.5 Å². The highest BCUT2D eigenvalue weighted by molar-refractivity contribution is 6.02. The van der Waals surface area contributed by atoms with E-state index in [2.05, 4.69) is 5.32 Å². The zero-order valence-electron chi connectivity index (χ0n) is 14.4. The van der Waals surface area contributed by atoms with Gasteiger partial charge in [-0.3, -0.25) is 9.59 Å². The zero-order chi connectivity index (χ0) is 18.1. The monoisotopic (exact) mass is 353 g/mol. The molecule has 2 aromatic rings. The van der Waals surface area contributed by atoms with Crippen LogP contribution in [0.15, 0.2) is 36.4 Å². The number of amides is 1. The van der Waals surface area contributed by atoms with Gasteiger partial charge in [0.15, 0.2) is 17.3 Å². The lowest BCUT2D eigenvalue weighted by Crippen LogP contribution is -2.21. The lowest BCUT2D eigenvalue weighted by molar-refractivity contribution is -0.116. The molecular formula is C20H19NO5. The third-order valence-corrected chi connectivity index (χ3v) is 4.45. The molecule has 1 N–H and O–H groups in total. The van der Waals surface area contributed by atoms with Gasteiger partial charge in [-0.05, 0) is 42.3 Å². The molecule has 1 unspecified atom stereocenters. The van der Waals surface area contributed by atoms with Crippen LogP contribution in [0.1, 0.15) is 48.2 Å². The molecule has 2 aliphatic heterocycles. The van der Waals surface area contributed by atoms with Gasteiger partial charge in [-0.2, -0.15) is 0 Å². The van der Waals surface area contributed by atoms with Gasteiger partial charge in [0.2, 0.25) is 12.7 Å². The number of hydrogen-bond acceptors (Lipinski definition) is 5. The number of ether oxygens (including phenoxy) is 3. The second kappa shape index (κ2) is 6.71. The molecule has 6 nitrogen and oxygen atoms in total. The fourth-order valence-electron chi connectivity index (χ4n) is 3.15. The summed E-state index contributed by atoms with van der Waals surface area (Å²) < 4.78 is 16.7. The van der Waals surface area contributed by atoms with Crippen LogP contribution in [-0.2, 0) is 4.79 Å². The minimum absolute atomic E-state index is 0.0134. The molecule has 0 aliphatic carbocycles. The molecule has 26 heavy (non-hydrogen) atoms. The number of carbonyl (C=O) groups excluding carboxylic acids is 2. The van der Waals surface area contributed by atoms with Crippen molar-refractivity contribution in [3.8, 4) is 17.2 Å². The predicted octanol–water partition coefficient (Wildman–Crippen LogP) is 3.86. The van der Waals surface area contributed by atoms with Gasteiger partial charge < -0.3 is 19.5 Å². The van der Waals surface area contributed by atoms with Crippen LogP contribution in [0.25, 0.3) is 0 Å². The summed E-state index contributed by atoms with van der Waals surface area (Å²) in [6.07, 6.45) is 1.09. The first-order valence-corrected chi connectivity index (χ1v) is 8.67. The van der Waals surface area contributed by atoms with Crippen LogP contribution in [0.2, 0.25) is 0 Å². The van der Waals surface area contributed by atoms with E-state index in [4.69, 9.17) is 14.2 Å². The Morgan fingerprint density at radius 2 is 1.92 bits per heavy atom. The van der Waals surface area contributed by atoms with Crippen LogP contribution in [0.4, 0.5) is 5.69 Å². The maximum atomic E-state index is 12.6. The normalized spacial score (nSPS) is 17.4. The molecule has 0 fully saturated rings. The Morgan fingerprint density at radius 3 is 2.77 bits per heavy atom. The van der Waals surface area contributed by atoms with E-state index >= 15 is 0 Å². The summed E-state index contributed by atoms with van der Waals surface area (Å²) >= 11 is 0. The Balaban J connectivity index is 1.55. The molecule has 6 heteroatoms. The molecule has 0 spiro atoms. The number of nitrogens with one attached hydrogen (secondary N) is 1. The van der Waals surface area contributed by atoms with E-state index in [9.17, 15) is 9.59 Å². The standard InChI is InChI=1S/C20H19NO5/c1-2-3-20(23)21-13-5-7-16-14(9-13)15(22)10-18(26-16)12-4-6-17-19(8-12)25-11-24-17/h4-9,18H,2-3,10-11H2,1H3,(H,21,23). The Morgan fingerprint density at radius 1 is 1.12 bits per heavy atom. The fourth-order valence-corrected chi connectivity index (χ4v) is 3.15. The SMILES string of the molecule is CCCC(=O)Nc1ccc2c(c1)C(=O)CC(c1ccc3c(c1)OCO3)O2.